The lowest BCUT2D eigenvalue weighted by Gasteiger charge is -2.22. The van der Waals surface area contributed by atoms with Gasteiger partial charge in [0, 0.05) is 40.5 Å². The van der Waals surface area contributed by atoms with Gasteiger partial charge in [0.25, 0.3) is 0 Å². The van der Waals surface area contributed by atoms with Gasteiger partial charge in [-0.15, -0.1) is 5.10 Å². The van der Waals surface area contributed by atoms with Gasteiger partial charge in [-0.1, -0.05) is 23.4 Å². The fourth-order valence-corrected chi connectivity index (χ4v) is 4.14. The van der Waals surface area contributed by atoms with E-state index in [0.29, 0.717) is 6.04 Å². The van der Waals surface area contributed by atoms with E-state index in [-0.39, 0.29) is 6.04 Å². The van der Waals surface area contributed by atoms with Crippen LogP contribution in [0.25, 0.3) is 33.3 Å². The standard InChI is InChI=1S/C22H26N8/c1-14(2)27-22-18-5-3-4-17(15-10-25-26-11-15)21(18)24-12-19(22)20-13-30(29-28-20)16-6-8-23-9-7-16/h3-5,10-14,16,23H,6-9H2,1-2H3,(H,24,27)(H,25,26). The van der Waals surface area contributed by atoms with Crippen molar-refractivity contribution >= 4 is 16.6 Å². The highest BCUT2D eigenvalue weighted by molar-refractivity contribution is 6.04. The summed E-state index contributed by atoms with van der Waals surface area (Å²) < 4.78 is 2.02. The van der Waals surface area contributed by atoms with E-state index in [2.05, 4.69) is 69.4 Å². The third-order valence-electron chi connectivity index (χ3n) is 5.61. The van der Waals surface area contributed by atoms with Gasteiger partial charge in [-0.25, -0.2) is 4.68 Å². The van der Waals surface area contributed by atoms with Gasteiger partial charge in [-0.05, 0) is 39.8 Å². The van der Waals surface area contributed by atoms with Crippen LogP contribution in [-0.4, -0.2) is 49.3 Å². The molecule has 0 unspecified atom stereocenters. The summed E-state index contributed by atoms with van der Waals surface area (Å²) in [4.78, 5) is 4.83. The van der Waals surface area contributed by atoms with E-state index in [0.717, 1.165) is 64.9 Å². The average molecular weight is 403 g/mol. The van der Waals surface area contributed by atoms with Crippen LogP contribution >= 0.6 is 0 Å². The van der Waals surface area contributed by atoms with Crippen molar-refractivity contribution in [2.45, 2.75) is 38.8 Å². The Hall–Kier alpha value is -3.26. The Kier molecular flexibility index (Phi) is 4.92. The molecule has 0 spiro atoms. The molecule has 0 bridgehead atoms. The summed E-state index contributed by atoms with van der Waals surface area (Å²) in [5.74, 6) is 0. The van der Waals surface area contributed by atoms with E-state index in [9.17, 15) is 0 Å². The van der Waals surface area contributed by atoms with Crippen LogP contribution in [-0.2, 0) is 0 Å². The number of nitrogens with one attached hydrogen (secondary N) is 3. The van der Waals surface area contributed by atoms with Crippen molar-refractivity contribution in [1.29, 1.82) is 0 Å². The number of hydrogen-bond acceptors (Lipinski definition) is 6. The minimum atomic E-state index is 0.270. The van der Waals surface area contributed by atoms with E-state index in [1.807, 2.05) is 23.3 Å². The number of fused-ring (bicyclic) bond motifs is 1. The number of aromatic nitrogens is 6. The summed E-state index contributed by atoms with van der Waals surface area (Å²) in [6.45, 7) is 6.33. The molecule has 8 heteroatoms. The Bertz CT molecular complexity index is 1140. The van der Waals surface area contributed by atoms with E-state index >= 15 is 0 Å². The molecule has 1 saturated heterocycles. The van der Waals surface area contributed by atoms with E-state index < -0.39 is 0 Å². The Labute approximate surface area is 175 Å². The molecule has 4 aromatic rings. The minimum absolute atomic E-state index is 0.270. The number of anilines is 1. The molecular weight excluding hydrogens is 376 g/mol. The Morgan fingerprint density at radius 2 is 2.00 bits per heavy atom. The molecule has 0 atom stereocenters. The maximum atomic E-state index is 4.83. The fourth-order valence-electron chi connectivity index (χ4n) is 4.14. The van der Waals surface area contributed by atoms with Crippen LogP contribution in [0.1, 0.15) is 32.7 Å². The lowest BCUT2D eigenvalue weighted by molar-refractivity contribution is 0.337. The van der Waals surface area contributed by atoms with Crippen LogP contribution in [0.4, 0.5) is 5.69 Å². The van der Waals surface area contributed by atoms with Crippen molar-refractivity contribution in [1.82, 2.24) is 35.5 Å². The number of pyridine rings is 1. The van der Waals surface area contributed by atoms with Crippen molar-refractivity contribution in [3.8, 4) is 22.4 Å². The van der Waals surface area contributed by atoms with Gasteiger partial charge in [0.15, 0.2) is 0 Å². The molecular formula is C22H26N8. The monoisotopic (exact) mass is 402 g/mol. The van der Waals surface area contributed by atoms with Gasteiger partial charge >= 0.3 is 0 Å². The topological polar surface area (TPSA) is 96.3 Å². The van der Waals surface area contributed by atoms with Crippen LogP contribution in [0.3, 0.4) is 0 Å². The summed E-state index contributed by atoms with van der Waals surface area (Å²) in [6.07, 6.45) is 9.83. The zero-order valence-corrected chi connectivity index (χ0v) is 17.3. The Morgan fingerprint density at radius 3 is 2.77 bits per heavy atom. The van der Waals surface area contributed by atoms with Gasteiger partial charge in [0.2, 0.25) is 0 Å². The number of nitrogens with zero attached hydrogens (tertiary/aromatic N) is 5. The first-order chi connectivity index (χ1) is 14.7. The molecule has 0 radical (unpaired) electrons. The second-order valence-corrected chi connectivity index (χ2v) is 8.10. The van der Waals surface area contributed by atoms with Gasteiger partial charge in [0.1, 0.15) is 5.69 Å². The molecule has 0 aliphatic carbocycles. The number of piperidine rings is 1. The molecule has 1 fully saturated rings. The number of H-pyrrole nitrogens is 1. The van der Waals surface area contributed by atoms with E-state index in [4.69, 9.17) is 4.98 Å². The van der Waals surface area contributed by atoms with Crippen LogP contribution in [0.15, 0.2) is 43.0 Å². The second-order valence-electron chi connectivity index (χ2n) is 8.10. The van der Waals surface area contributed by atoms with Crippen molar-refractivity contribution in [3.63, 3.8) is 0 Å². The van der Waals surface area contributed by atoms with Gasteiger partial charge < -0.3 is 10.6 Å². The summed E-state index contributed by atoms with van der Waals surface area (Å²) >= 11 is 0. The largest absolute Gasteiger partial charge is 0.382 e. The predicted octanol–water partition coefficient (Wildman–Crippen LogP) is 3.63. The molecule has 154 valence electrons. The molecule has 0 amide bonds. The highest BCUT2D eigenvalue weighted by atomic mass is 15.4. The molecule has 3 aromatic heterocycles. The first-order valence-corrected chi connectivity index (χ1v) is 10.5. The maximum Gasteiger partial charge on any atom is 0.116 e. The van der Waals surface area contributed by atoms with Crippen LogP contribution in [0, 0.1) is 0 Å². The molecule has 1 aromatic carbocycles. The lowest BCUT2D eigenvalue weighted by Crippen LogP contribution is -2.29. The van der Waals surface area contributed by atoms with Gasteiger partial charge in [0.05, 0.1) is 29.6 Å². The molecule has 0 saturated carbocycles. The van der Waals surface area contributed by atoms with Crippen LogP contribution in [0.2, 0.25) is 0 Å². The zero-order valence-electron chi connectivity index (χ0n) is 17.3. The molecule has 5 rings (SSSR count). The first kappa shape index (κ1) is 18.7. The summed E-state index contributed by atoms with van der Waals surface area (Å²) in [6, 6.07) is 6.92. The minimum Gasteiger partial charge on any atom is -0.382 e. The molecule has 8 nitrogen and oxygen atoms in total. The number of aromatic amines is 1. The molecule has 30 heavy (non-hydrogen) atoms. The SMILES string of the molecule is CC(C)Nc1c(-c2cn(C3CCNCC3)nn2)cnc2c(-c3cn[nH]c3)cccc12. The highest BCUT2D eigenvalue weighted by Gasteiger charge is 2.20. The van der Waals surface area contributed by atoms with E-state index in [1.54, 1.807) is 0 Å². The second kappa shape index (κ2) is 7.87. The maximum absolute atomic E-state index is 4.83. The molecule has 1 aliphatic rings. The molecule has 1 aliphatic heterocycles. The number of hydrogen-bond donors (Lipinski definition) is 3. The summed E-state index contributed by atoms with van der Waals surface area (Å²) in [5.41, 5.74) is 5.88. The third-order valence-corrected chi connectivity index (χ3v) is 5.61. The van der Waals surface area contributed by atoms with Crippen molar-refractivity contribution in [3.05, 3.63) is 43.0 Å². The Balaban J connectivity index is 1.62. The van der Waals surface area contributed by atoms with Crippen LogP contribution < -0.4 is 10.6 Å². The summed E-state index contributed by atoms with van der Waals surface area (Å²) in [5, 5.41) is 24.0. The highest BCUT2D eigenvalue weighted by Crippen LogP contribution is 2.37. The fraction of sp³-hybridized carbons (Fsp3) is 0.364. The van der Waals surface area contributed by atoms with Crippen molar-refractivity contribution in [2.24, 2.45) is 0 Å². The molecule has 4 heterocycles. The number of rotatable bonds is 5. The average Bonchev–Trinajstić information content (AvgIpc) is 3.46. The van der Waals surface area contributed by atoms with Gasteiger partial charge in [-0.2, -0.15) is 5.10 Å². The smallest absolute Gasteiger partial charge is 0.116 e. The predicted molar refractivity (Wildman–Crippen MR) is 118 cm³/mol. The lowest BCUT2D eigenvalue weighted by atomic mass is 10.0. The zero-order chi connectivity index (χ0) is 20.5. The van der Waals surface area contributed by atoms with Crippen LogP contribution in [0.5, 0.6) is 0 Å². The Morgan fingerprint density at radius 1 is 1.13 bits per heavy atom. The van der Waals surface area contributed by atoms with Gasteiger partial charge in [-0.3, -0.25) is 10.1 Å². The quantitative estimate of drug-likeness (QED) is 0.472. The normalized spacial score (nSPS) is 15.2. The van der Waals surface area contributed by atoms with E-state index in [1.165, 1.54) is 0 Å². The summed E-state index contributed by atoms with van der Waals surface area (Å²) in [7, 11) is 0. The first-order valence-electron chi connectivity index (χ1n) is 10.5. The van der Waals surface area contributed by atoms with Crippen molar-refractivity contribution in [2.75, 3.05) is 18.4 Å². The van der Waals surface area contributed by atoms with Crippen molar-refractivity contribution < 1.29 is 0 Å². The molecule has 3 N–H and O–H groups in total. The number of benzene rings is 1. The number of para-hydroxylation sites is 1. The third kappa shape index (κ3) is 3.43.